The fourth-order valence-corrected chi connectivity index (χ4v) is 4.25. The van der Waals surface area contributed by atoms with Gasteiger partial charge < -0.3 is 4.74 Å². The van der Waals surface area contributed by atoms with Crippen molar-refractivity contribution < 1.29 is 9.53 Å². The van der Waals surface area contributed by atoms with Gasteiger partial charge in [-0.3, -0.25) is 4.79 Å². The van der Waals surface area contributed by atoms with Crippen LogP contribution < -0.4 is 4.74 Å². The van der Waals surface area contributed by atoms with Crippen LogP contribution in [0.25, 0.3) is 20.8 Å². The summed E-state index contributed by atoms with van der Waals surface area (Å²) in [5.41, 5.74) is 1.87. The van der Waals surface area contributed by atoms with E-state index in [0.717, 1.165) is 46.5 Å². The van der Waals surface area contributed by atoms with Crippen LogP contribution >= 0.6 is 11.3 Å². The van der Waals surface area contributed by atoms with Crippen molar-refractivity contribution in [3.8, 4) is 16.3 Å². The van der Waals surface area contributed by atoms with Crippen molar-refractivity contribution in [2.75, 3.05) is 0 Å². The maximum Gasteiger partial charge on any atom is 0.314 e. The van der Waals surface area contributed by atoms with E-state index in [9.17, 15) is 4.79 Å². The third-order valence-corrected chi connectivity index (χ3v) is 5.63. The number of benzene rings is 2. The number of thiazole rings is 1. The number of aromatic nitrogens is 1. The first-order valence-electron chi connectivity index (χ1n) is 8.48. The average molecular weight is 337 g/mol. The summed E-state index contributed by atoms with van der Waals surface area (Å²) in [5.74, 6) is 0.567. The van der Waals surface area contributed by atoms with Crippen molar-refractivity contribution in [3.63, 3.8) is 0 Å². The van der Waals surface area contributed by atoms with E-state index in [1.54, 1.807) is 11.3 Å². The number of carbonyl (C=O) groups excluding carboxylic acids is 1. The van der Waals surface area contributed by atoms with Crippen LogP contribution in [0.5, 0.6) is 5.75 Å². The highest BCUT2D eigenvalue weighted by Gasteiger charge is 2.24. The van der Waals surface area contributed by atoms with Gasteiger partial charge in [0.1, 0.15) is 10.8 Å². The normalized spacial score (nSPS) is 15.5. The molecule has 24 heavy (non-hydrogen) atoms. The van der Waals surface area contributed by atoms with E-state index in [1.165, 1.54) is 6.42 Å². The Balaban J connectivity index is 1.63. The van der Waals surface area contributed by atoms with Gasteiger partial charge >= 0.3 is 5.97 Å². The largest absolute Gasteiger partial charge is 0.426 e. The molecule has 1 aliphatic carbocycles. The summed E-state index contributed by atoms with van der Waals surface area (Å²) in [5, 5.41) is 0.892. The Morgan fingerprint density at radius 1 is 1.00 bits per heavy atom. The molecule has 0 aliphatic heterocycles. The average Bonchev–Trinajstić information content (AvgIpc) is 3.07. The second-order valence-corrected chi connectivity index (χ2v) is 7.27. The van der Waals surface area contributed by atoms with Crippen molar-refractivity contribution in [1.82, 2.24) is 4.98 Å². The number of fused-ring (bicyclic) bond motifs is 1. The molecule has 122 valence electrons. The van der Waals surface area contributed by atoms with Crippen molar-refractivity contribution in [3.05, 3.63) is 48.5 Å². The smallest absolute Gasteiger partial charge is 0.314 e. The minimum Gasteiger partial charge on any atom is -0.426 e. The van der Waals surface area contributed by atoms with Gasteiger partial charge in [0.15, 0.2) is 0 Å². The Hall–Kier alpha value is -2.20. The Labute approximate surface area is 145 Å². The second-order valence-electron chi connectivity index (χ2n) is 6.24. The first-order chi connectivity index (χ1) is 11.8. The van der Waals surface area contributed by atoms with E-state index in [-0.39, 0.29) is 11.9 Å². The van der Waals surface area contributed by atoms with Crippen LogP contribution in [0.3, 0.4) is 0 Å². The lowest BCUT2D eigenvalue weighted by atomic mass is 9.89. The Morgan fingerprint density at radius 3 is 2.58 bits per heavy atom. The number of nitrogens with zero attached hydrogens (tertiary/aromatic N) is 1. The standard InChI is InChI=1S/C20H19NO2S/c22-20(14-8-2-1-3-9-14)23-17-12-6-4-10-15(17)19-21-16-11-5-7-13-18(16)24-19/h4-7,10-14H,1-3,8-9H2. The lowest BCUT2D eigenvalue weighted by Crippen LogP contribution is -2.22. The lowest BCUT2D eigenvalue weighted by molar-refractivity contribution is -0.139. The van der Waals surface area contributed by atoms with Gasteiger partial charge in [0.05, 0.1) is 21.7 Å². The zero-order valence-electron chi connectivity index (χ0n) is 13.4. The molecule has 0 amide bonds. The van der Waals surface area contributed by atoms with E-state index in [0.29, 0.717) is 5.75 Å². The first kappa shape index (κ1) is 15.3. The molecule has 1 aliphatic rings. The molecule has 4 rings (SSSR count). The van der Waals surface area contributed by atoms with Gasteiger partial charge in [-0.1, -0.05) is 43.5 Å². The van der Waals surface area contributed by atoms with Crippen LogP contribution in [0.4, 0.5) is 0 Å². The molecule has 0 N–H and O–H groups in total. The molecule has 0 spiro atoms. The van der Waals surface area contributed by atoms with Gasteiger partial charge in [-0.15, -0.1) is 11.3 Å². The molecule has 4 heteroatoms. The van der Waals surface area contributed by atoms with E-state index in [2.05, 4.69) is 6.07 Å². The molecule has 1 fully saturated rings. The van der Waals surface area contributed by atoms with Gasteiger partial charge in [-0.05, 0) is 37.1 Å². The molecule has 0 atom stereocenters. The Kier molecular flexibility index (Phi) is 4.30. The van der Waals surface area contributed by atoms with E-state index in [1.807, 2.05) is 42.5 Å². The number of ether oxygens (including phenoxy) is 1. The highest BCUT2D eigenvalue weighted by Crippen LogP contribution is 2.36. The van der Waals surface area contributed by atoms with Crippen molar-refractivity contribution >= 4 is 27.5 Å². The molecule has 1 saturated carbocycles. The fourth-order valence-electron chi connectivity index (χ4n) is 3.25. The number of hydrogen-bond donors (Lipinski definition) is 0. The van der Waals surface area contributed by atoms with Crippen molar-refractivity contribution in [1.29, 1.82) is 0 Å². The molecule has 1 aromatic heterocycles. The first-order valence-corrected chi connectivity index (χ1v) is 9.29. The van der Waals surface area contributed by atoms with Gasteiger partial charge in [0.2, 0.25) is 0 Å². The third-order valence-electron chi connectivity index (χ3n) is 4.56. The van der Waals surface area contributed by atoms with E-state index < -0.39 is 0 Å². The molecule has 0 bridgehead atoms. The monoisotopic (exact) mass is 337 g/mol. The fraction of sp³-hybridized carbons (Fsp3) is 0.300. The van der Waals surface area contributed by atoms with Gasteiger partial charge in [0.25, 0.3) is 0 Å². The summed E-state index contributed by atoms with van der Waals surface area (Å²) in [6.07, 6.45) is 5.37. The molecule has 0 radical (unpaired) electrons. The second kappa shape index (κ2) is 6.73. The van der Waals surface area contributed by atoms with Crippen molar-refractivity contribution in [2.24, 2.45) is 5.92 Å². The third kappa shape index (κ3) is 3.06. The van der Waals surface area contributed by atoms with Crippen molar-refractivity contribution in [2.45, 2.75) is 32.1 Å². The zero-order chi connectivity index (χ0) is 16.4. The topological polar surface area (TPSA) is 39.2 Å². The summed E-state index contributed by atoms with van der Waals surface area (Å²) >= 11 is 1.62. The SMILES string of the molecule is O=C(Oc1ccccc1-c1nc2ccccc2s1)C1CCCCC1. The molecule has 2 aromatic carbocycles. The van der Waals surface area contributed by atoms with Gasteiger partial charge in [-0.2, -0.15) is 0 Å². The molecule has 1 heterocycles. The van der Waals surface area contributed by atoms with Crippen LogP contribution in [0, 0.1) is 5.92 Å². The summed E-state index contributed by atoms with van der Waals surface area (Å²) in [6, 6.07) is 15.8. The Morgan fingerprint density at radius 2 is 1.75 bits per heavy atom. The summed E-state index contributed by atoms with van der Waals surface area (Å²) < 4.78 is 6.90. The molecule has 0 saturated heterocycles. The van der Waals surface area contributed by atoms with Crippen LogP contribution in [0.1, 0.15) is 32.1 Å². The lowest BCUT2D eigenvalue weighted by Gasteiger charge is -2.20. The van der Waals surface area contributed by atoms with Gasteiger partial charge in [-0.25, -0.2) is 4.98 Å². The molecule has 0 unspecified atom stereocenters. The maximum atomic E-state index is 12.5. The predicted molar refractivity (Wildman–Crippen MR) is 97.3 cm³/mol. The number of hydrogen-bond acceptors (Lipinski definition) is 4. The van der Waals surface area contributed by atoms with Crippen LogP contribution in [-0.4, -0.2) is 11.0 Å². The Bertz CT molecular complexity index is 832. The zero-order valence-corrected chi connectivity index (χ0v) is 14.2. The van der Waals surface area contributed by atoms with E-state index >= 15 is 0 Å². The highest BCUT2D eigenvalue weighted by molar-refractivity contribution is 7.21. The highest BCUT2D eigenvalue weighted by atomic mass is 32.1. The number of rotatable bonds is 3. The number of para-hydroxylation sites is 2. The van der Waals surface area contributed by atoms with Gasteiger partial charge in [0, 0.05) is 0 Å². The summed E-state index contributed by atoms with van der Waals surface area (Å²) in [7, 11) is 0. The van der Waals surface area contributed by atoms with Crippen LogP contribution in [0.15, 0.2) is 48.5 Å². The summed E-state index contributed by atoms with van der Waals surface area (Å²) in [4.78, 5) is 17.2. The number of carbonyl (C=O) groups is 1. The molecular formula is C20H19NO2S. The van der Waals surface area contributed by atoms with Crippen LogP contribution in [0.2, 0.25) is 0 Å². The molecule has 3 nitrogen and oxygen atoms in total. The summed E-state index contributed by atoms with van der Waals surface area (Å²) in [6.45, 7) is 0. The molecular weight excluding hydrogens is 318 g/mol. The molecule has 3 aromatic rings. The minimum absolute atomic E-state index is 0.0437. The van der Waals surface area contributed by atoms with Crippen LogP contribution in [-0.2, 0) is 4.79 Å². The minimum atomic E-state index is -0.0942. The predicted octanol–water partition coefficient (Wildman–Crippen LogP) is 5.45. The number of esters is 1. The maximum absolute atomic E-state index is 12.5. The van der Waals surface area contributed by atoms with E-state index in [4.69, 9.17) is 9.72 Å². The quantitative estimate of drug-likeness (QED) is 0.471.